The van der Waals surface area contributed by atoms with Gasteiger partial charge in [0.2, 0.25) is 5.95 Å². The predicted molar refractivity (Wildman–Crippen MR) is 113 cm³/mol. The number of anilines is 2. The highest BCUT2D eigenvalue weighted by Gasteiger charge is 2.15. The van der Waals surface area contributed by atoms with Gasteiger partial charge < -0.3 is 24.7 Å². The lowest BCUT2D eigenvalue weighted by Gasteiger charge is -2.28. The Morgan fingerprint density at radius 1 is 1.13 bits per heavy atom. The molecule has 1 fully saturated rings. The summed E-state index contributed by atoms with van der Waals surface area (Å²) in [6, 6.07) is 10.6. The Hall–Kier alpha value is -3.46. The fourth-order valence-electron chi connectivity index (χ4n) is 3.25. The van der Waals surface area contributed by atoms with Crippen LogP contribution < -0.4 is 21.2 Å². The lowest BCUT2D eigenvalue weighted by atomic mass is 10.2. The van der Waals surface area contributed by atoms with Gasteiger partial charge in [0.05, 0.1) is 13.2 Å². The molecule has 0 radical (unpaired) electrons. The number of carbonyl (C=O) groups excluding carboxylic acids is 1. The predicted octanol–water partition coefficient (Wildman–Crippen LogP) is 1.57. The Labute approximate surface area is 173 Å². The van der Waals surface area contributed by atoms with Crippen molar-refractivity contribution >= 4 is 28.6 Å². The highest BCUT2D eigenvalue weighted by molar-refractivity contribution is 5.96. The highest BCUT2D eigenvalue weighted by atomic mass is 16.5. The number of aryl methyl sites for hydroxylation is 1. The van der Waals surface area contributed by atoms with Crippen LogP contribution in [0.5, 0.6) is 0 Å². The second kappa shape index (κ2) is 8.91. The normalized spacial score (nSPS) is 14.0. The number of nitrogens with zero attached hydrogens (tertiary/aromatic N) is 3. The summed E-state index contributed by atoms with van der Waals surface area (Å²) in [5.41, 5.74) is 0.631. The Kier molecular flexibility index (Phi) is 5.89. The molecule has 3 aromatic rings. The van der Waals surface area contributed by atoms with E-state index in [9.17, 15) is 9.59 Å². The lowest BCUT2D eigenvalue weighted by molar-refractivity contribution is 0.0951. The van der Waals surface area contributed by atoms with Crippen molar-refractivity contribution in [1.82, 2.24) is 15.3 Å². The number of ether oxygens (including phenoxy) is 1. The number of amides is 1. The summed E-state index contributed by atoms with van der Waals surface area (Å²) in [6.45, 7) is 5.57. The van der Waals surface area contributed by atoms with Crippen molar-refractivity contribution in [3.63, 3.8) is 0 Å². The molecule has 0 unspecified atom stereocenters. The zero-order valence-corrected chi connectivity index (χ0v) is 16.7. The van der Waals surface area contributed by atoms with E-state index in [4.69, 9.17) is 9.15 Å². The molecule has 9 nitrogen and oxygen atoms in total. The third kappa shape index (κ3) is 4.57. The molecule has 0 saturated carbocycles. The van der Waals surface area contributed by atoms with Crippen LogP contribution in [0.25, 0.3) is 11.0 Å². The SMILES string of the molecule is Cc1cc(N2CCOCC2)nc(NCCNC(=O)c2cc3ccccc3oc2=O)n1. The van der Waals surface area contributed by atoms with E-state index in [0.717, 1.165) is 24.6 Å². The van der Waals surface area contributed by atoms with Gasteiger partial charge >= 0.3 is 5.63 Å². The number of aromatic nitrogens is 2. The lowest BCUT2D eigenvalue weighted by Crippen LogP contribution is -2.37. The van der Waals surface area contributed by atoms with Gasteiger partial charge in [0.1, 0.15) is 17.0 Å². The van der Waals surface area contributed by atoms with E-state index in [1.54, 1.807) is 24.3 Å². The molecule has 0 atom stereocenters. The van der Waals surface area contributed by atoms with Crippen LogP contribution in [0.1, 0.15) is 16.1 Å². The smallest absolute Gasteiger partial charge is 0.349 e. The molecular weight excluding hydrogens is 386 g/mol. The standard InChI is InChI=1S/C21H23N5O4/c1-14-12-18(26-8-10-29-11-9-26)25-21(24-14)23-7-6-22-19(27)16-13-15-4-2-3-5-17(15)30-20(16)28/h2-5,12-13H,6-11H2,1H3,(H,22,27)(H,23,24,25). The quantitative estimate of drug-likeness (QED) is 0.466. The summed E-state index contributed by atoms with van der Waals surface area (Å²) in [6.07, 6.45) is 0. The molecule has 1 amide bonds. The van der Waals surface area contributed by atoms with Gasteiger partial charge in [-0.1, -0.05) is 18.2 Å². The number of para-hydroxylation sites is 1. The molecule has 0 bridgehead atoms. The van der Waals surface area contributed by atoms with Gasteiger partial charge in [-0.05, 0) is 19.1 Å². The van der Waals surface area contributed by atoms with Crippen LogP contribution in [0, 0.1) is 6.92 Å². The molecule has 1 saturated heterocycles. The third-order valence-electron chi connectivity index (χ3n) is 4.76. The molecule has 1 aromatic carbocycles. The Balaban J connectivity index is 1.35. The van der Waals surface area contributed by atoms with Crippen LogP contribution in [-0.2, 0) is 4.74 Å². The maximum Gasteiger partial charge on any atom is 0.349 e. The Morgan fingerprint density at radius 2 is 1.93 bits per heavy atom. The molecule has 30 heavy (non-hydrogen) atoms. The summed E-state index contributed by atoms with van der Waals surface area (Å²) in [4.78, 5) is 35.6. The van der Waals surface area contributed by atoms with Crippen molar-refractivity contribution in [1.29, 1.82) is 0 Å². The number of nitrogens with one attached hydrogen (secondary N) is 2. The average molecular weight is 409 g/mol. The molecule has 0 aliphatic carbocycles. The number of fused-ring (bicyclic) bond motifs is 1. The second-order valence-electron chi connectivity index (χ2n) is 6.96. The third-order valence-corrected chi connectivity index (χ3v) is 4.76. The number of morpholine rings is 1. The first-order valence-electron chi connectivity index (χ1n) is 9.83. The summed E-state index contributed by atoms with van der Waals surface area (Å²) in [7, 11) is 0. The van der Waals surface area contributed by atoms with Gasteiger partial charge in [0.15, 0.2) is 0 Å². The maximum absolute atomic E-state index is 12.4. The number of benzene rings is 1. The zero-order valence-electron chi connectivity index (χ0n) is 16.7. The van der Waals surface area contributed by atoms with Gasteiger partial charge in [0, 0.05) is 43.3 Å². The highest BCUT2D eigenvalue weighted by Crippen LogP contribution is 2.16. The van der Waals surface area contributed by atoms with Crippen LogP contribution >= 0.6 is 0 Å². The van der Waals surface area contributed by atoms with E-state index >= 15 is 0 Å². The van der Waals surface area contributed by atoms with Crippen molar-refractivity contribution in [2.45, 2.75) is 6.92 Å². The summed E-state index contributed by atoms with van der Waals surface area (Å²) in [5.74, 6) is 0.873. The van der Waals surface area contributed by atoms with Crippen LogP contribution in [0.4, 0.5) is 11.8 Å². The van der Waals surface area contributed by atoms with Crippen LogP contribution in [0.3, 0.4) is 0 Å². The Morgan fingerprint density at radius 3 is 2.77 bits per heavy atom. The molecule has 3 heterocycles. The topological polar surface area (TPSA) is 110 Å². The summed E-state index contributed by atoms with van der Waals surface area (Å²) in [5, 5.41) is 6.54. The second-order valence-corrected chi connectivity index (χ2v) is 6.96. The van der Waals surface area contributed by atoms with Crippen molar-refractivity contribution in [2.24, 2.45) is 0 Å². The fourth-order valence-corrected chi connectivity index (χ4v) is 3.25. The molecule has 1 aliphatic rings. The van der Waals surface area contributed by atoms with Crippen LogP contribution in [-0.4, -0.2) is 55.3 Å². The first-order valence-corrected chi connectivity index (χ1v) is 9.83. The average Bonchev–Trinajstić information content (AvgIpc) is 2.76. The van der Waals surface area contributed by atoms with Crippen LogP contribution in [0.15, 0.2) is 45.6 Å². The van der Waals surface area contributed by atoms with E-state index in [0.29, 0.717) is 43.2 Å². The molecule has 2 aromatic heterocycles. The van der Waals surface area contributed by atoms with Gasteiger partial charge in [-0.3, -0.25) is 4.79 Å². The number of carbonyl (C=O) groups is 1. The van der Waals surface area contributed by atoms with Crippen LogP contribution in [0.2, 0.25) is 0 Å². The largest absolute Gasteiger partial charge is 0.422 e. The number of rotatable bonds is 6. The monoisotopic (exact) mass is 409 g/mol. The fraction of sp³-hybridized carbons (Fsp3) is 0.333. The van der Waals surface area contributed by atoms with Crippen molar-refractivity contribution < 1.29 is 13.9 Å². The molecule has 9 heteroatoms. The number of hydrogen-bond donors (Lipinski definition) is 2. The minimum Gasteiger partial charge on any atom is -0.422 e. The van der Waals surface area contributed by atoms with Gasteiger partial charge in [-0.2, -0.15) is 4.98 Å². The van der Waals surface area contributed by atoms with Crippen molar-refractivity contribution in [3.8, 4) is 0 Å². The summed E-state index contributed by atoms with van der Waals surface area (Å²) < 4.78 is 10.6. The van der Waals surface area contributed by atoms with Crippen molar-refractivity contribution in [2.75, 3.05) is 49.6 Å². The van der Waals surface area contributed by atoms with E-state index in [2.05, 4.69) is 25.5 Å². The van der Waals surface area contributed by atoms with E-state index in [1.165, 1.54) is 0 Å². The summed E-state index contributed by atoms with van der Waals surface area (Å²) >= 11 is 0. The van der Waals surface area contributed by atoms with E-state index in [1.807, 2.05) is 19.1 Å². The molecule has 1 aliphatic heterocycles. The molecule has 4 rings (SSSR count). The maximum atomic E-state index is 12.4. The minimum absolute atomic E-state index is 0.0184. The van der Waals surface area contributed by atoms with Gasteiger partial charge in [-0.15, -0.1) is 0 Å². The Bertz CT molecular complexity index is 1110. The number of hydrogen-bond acceptors (Lipinski definition) is 8. The first-order chi connectivity index (χ1) is 14.6. The van der Waals surface area contributed by atoms with Gasteiger partial charge in [-0.25, -0.2) is 9.78 Å². The molecule has 2 N–H and O–H groups in total. The van der Waals surface area contributed by atoms with Crippen molar-refractivity contribution in [3.05, 3.63) is 58.1 Å². The zero-order chi connectivity index (χ0) is 20.9. The molecule has 0 spiro atoms. The molecular formula is C21H23N5O4. The van der Waals surface area contributed by atoms with E-state index in [-0.39, 0.29) is 5.56 Å². The minimum atomic E-state index is -0.656. The first kappa shape index (κ1) is 19.8. The van der Waals surface area contributed by atoms with Gasteiger partial charge in [0.25, 0.3) is 5.91 Å². The van der Waals surface area contributed by atoms with E-state index < -0.39 is 11.5 Å². The molecule has 156 valence electrons.